The summed E-state index contributed by atoms with van der Waals surface area (Å²) in [5.74, 6) is 0. The lowest BCUT2D eigenvalue weighted by Crippen LogP contribution is -3.17. The fraction of sp³-hybridized carbons (Fsp3) is 1.00. The molecule has 2 aliphatic rings. The van der Waals surface area contributed by atoms with Gasteiger partial charge in [-0.25, -0.2) is 0 Å². The normalized spacial score (nSPS) is 31.8. The van der Waals surface area contributed by atoms with Gasteiger partial charge in [0.05, 0.1) is 19.6 Å². The van der Waals surface area contributed by atoms with Crippen LogP contribution in [0.3, 0.4) is 0 Å². The fourth-order valence-corrected chi connectivity index (χ4v) is 2.83. The Labute approximate surface area is 81.7 Å². The van der Waals surface area contributed by atoms with Crippen LogP contribution in [0.25, 0.3) is 0 Å². The van der Waals surface area contributed by atoms with Gasteiger partial charge in [0.2, 0.25) is 0 Å². The molecule has 1 atom stereocenters. The first-order valence-corrected chi connectivity index (χ1v) is 6.12. The Hall–Kier alpha value is -0.0800. The summed E-state index contributed by atoms with van der Waals surface area (Å²) in [6.07, 6.45) is 8.84. The number of quaternary nitrogens is 2. The van der Waals surface area contributed by atoms with E-state index in [2.05, 4.69) is 5.32 Å². The Kier molecular flexibility index (Phi) is 3.62. The topological polar surface area (TPSA) is 21.1 Å². The van der Waals surface area contributed by atoms with Crippen LogP contribution in [0.15, 0.2) is 0 Å². The highest BCUT2D eigenvalue weighted by atomic mass is 15.2. The number of hydrogen-bond donors (Lipinski definition) is 2. The molecule has 0 amide bonds. The largest absolute Gasteiger partial charge is 0.339 e. The summed E-state index contributed by atoms with van der Waals surface area (Å²) in [6.45, 7) is 5.73. The van der Waals surface area contributed by atoms with Gasteiger partial charge in [0.25, 0.3) is 0 Å². The first kappa shape index (κ1) is 9.47. The number of piperidine rings is 2. The van der Waals surface area contributed by atoms with Crippen LogP contribution in [-0.4, -0.2) is 32.2 Å². The van der Waals surface area contributed by atoms with Crippen molar-refractivity contribution in [1.29, 1.82) is 0 Å². The molecule has 2 aliphatic heterocycles. The van der Waals surface area contributed by atoms with Crippen molar-refractivity contribution in [3.05, 3.63) is 0 Å². The summed E-state index contributed by atoms with van der Waals surface area (Å²) in [7, 11) is 0. The zero-order chi connectivity index (χ0) is 8.93. The molecule has 2 nitrogen and oxygen atoms in total. The Balaban J connectivity index is 1.69. The van der Waals surface area contributed by atoms with Gasteiger partial charge in [0, 0.05) is 6.42 Å². The number of likely N-dealkylation sites (tertiary alicyclic amines) is 1. The lowest BCUT2D eigenvalue weighted by atomic mass is 10.0. The van der Waals surface area contributed by atoms with Crippen LogP contribution in [0.4, 0.5) is 0 Å². The molecule has 0 unspecified atom stereocenters. The molecule has 13 heavy (non-hydrogen) atoms. The third-order valence-electron chi connectivity index (χ3n) is 3.64. The maximum atomic E-state index is 2.59. The molecule has 0 aliphatic carbocycles. The lowest BCUT2D eigenvalue weighted by Gasteiger charge is -2.28. The first-order chi connectivity index (χ1) is 6.45. The van der Waals surface area contributed by atoms with Crippen LogP contribution >= 0.6 is 0 Å². The van der Waals surface area contributed by atoms with E-state index >= 15 is 0 Å². The molecule has 0 aromatic carbocycles. The second kappa shape index (κ2) is 4.97. The van der Waals surface area contributed by atoms with E-state index in [0.717, 1.165) is 6.04 Å². The molecular weight excluding hydrogens is 160 g/mol. The van der Waals surface area contributed by atoms with E-state index in [-0.39, 0.29) is 0 Å². The second-order valence-corrected chi connectivity index (χ2v) is 4.80. The highest BCUT2D eigenvalue weighted by Crippen LogP contribution is 2.00. The highest BCUT2D eigenvalue weighted by Gasteiger charge is 2.23. The summed E-state index contributed by atoms with van der Waals surface area (Å²) in [5, 5.41) is 2.59. The smallest absolute Gasteiger partial charge is 0.135 e. The molecule has 0 aromatic heterocycles. The standard InChI is InChI=1S/C11H22N2/c1-4-8-13(9-5-1)10-11-6-2-3-7-12-11/h11-12H,1-10H2/p+2/t11-/m0/s1. The minimum atomic E-state index is 0.960. The lowest BCUT2D eigenvalue weighted by molar-refractivity contribution is -0.924. The molecule has 0 spiro atoms. The molecule has 0 radical (unpaired) electrons. The van der Waals surface area contributed by atoms with Gasteiger partial charge in [-0.15, -0.1) is 0 Å². The van der Waals surface area contributed by atoms with Crippen molar-refractivity contribution in [2.75, 3.05) is 26.2 Å². The summed E-state index contributed by atoms with van der Waals surface area (Å²) < 4.78 is 0. The van der Waals surface area contributed by atoms with Crippen molar-refractivity contribution >= 4 is 0 Å². The van der Waals surface area contributed by atoms with Crippen molar-refractivity contribution in [2.45, 2.75) is 44.6 Å². The highest BCUT2D eigenvalue weighted by molar-refractivity contribution is 4.58. The van der Waals surface area contributed by atoms with Crippen LogP contribution in [0.1, 0.15) is 38.5 Å². The molecule has 76 valence electrons. The summed E-state index contributed by atoms with van der Waals surface area (Å²) in [4.78, 5) is 1.88. The minimum absolute atomic E-state index is 0.960. The number of hydrogen-bond acceptors (Lipinski definition) is 0. The zero-order valence-corrected chi connectivity index (χ0v) is 8.73. The van der Waals surface area contributed by atoms with Crippen LogP contribution in [0.2, 0.25) is 0 Å². The predicted molar refractivity (Wildman–Crippen MR) is 53.8 cm³/mol. The van der Waals surface area contributed by atoms with E-state index in [4.69, 9.17) is 0 Å². The van der Waals surface area contributed by atoms with E-state index in [1.807, 2.05) is 4.90 Å². The van der Waals surface area contributed by atoms with E-state index in [1.165, 1.54) is 64.7 Å². The minimum Gasteiger partial charge on any atom is -0.339 e. The van der Waals surface area contributed by atoms with Crippen molar-refractivity contribution in [3.63, 3.8) is 0 Å². The Bertz CT molecular complexity index is 119. The van der Waals surface area contributed by atoms with Crippen LogP contribution in [0.5, 0.6) is 0 Å². The van der Waals surface area contributed by atoms with Crippen LogP contribution in [0, 0.1) is 0 Å². The zero-order valence-electron chi connectivity index (χ0n) is 8.73. The second-order valence-electron chi connectivity index (χ2n) is 4.80. The van der Waals surface area contributed by atoms with E-state index in [9.17, 15) is 0 Å². The van der Waals surface area contributed by atoms with Gasteiger partial charge in [0.15, 0.2) is 0 Å². The molecule has 2 rings (SSSR count). The van der Waals surface area contributed by atoms with Gasteiger partial charge < -0.3 is 10.2 Å². The fourth-order valence-electron chi connectivity index (χ4n) is 2.83. The molecule has 2 fully saturated rings. The molecule has 0 saturated carbocycles. The number of nitrogens with one attached hydrogen (secondary N) is 1. The van der Waals surface area contributed by atoms with E-state index in [1.54, 1.807) is 0 Å². The molecular formula is C11H24N2+2. The SMILES string of the molecule is C1CC[NH+](C[C@@H]2CCCC[NH2+]2)CC1. The molecule has 2 saturated heterocycles. The Morgan fingerprint density at radius 2 is 1.85 bits per heavy atom. The third-order valence-corrected chi connectivity index (χ3v) is 3.64. The van der Waals surface area contributed by atoms with Gasteiger partial charge in [-0.05, 0) is 32.1 Å². The molecule has 0 bridgehead atoms. The number of rotatable bonds is 2. The Morgan fingerprint density at radius 1 is 1.00 bits per heavy atom. The summed E-state index contributed by atoms with van der Waals surface area (Å²) in [5.41, 5.74) is 0. The number of nitrogens with two attached hydrogens (primary N) is 1. The summed E-state index contributed by atoms with van der Waals surface area (Å²) in [6, 6.07) is 0.960. The monoisotopic (exact) mass is 184 g/mol. The molecule has 2 heteroatoms. The molecule has 2 heterocycles. The van der Waals surface area contributed by atoms with Gasteiger partial charge >= 0.3 is 0 Å². The van der Waals surface area contributed by atoms with Crippen molar-refractivity contribution < 1.29 is 10.2 Å². The average Bonchev–Trinajstić information content (AvgIpc) is 2.21. The van der Waals surface area contributed by atoms with Crippen molar-refractivity contribution in [2.24, 2.45) is 0 Å². The molecule has 0 aromatic rings. The van der Waals surface area contributed by atoms with Gasteiger partial charge in [-0.2, -0.15) is 0 Å². The van der Waals surface area contributed by atoms with E-state index in [0.29, 0.717) is 0 Å². The maximum Gasteiger partial charge on any atom is 0.135 e. The maximum absolute atomic E-state index is 2.59. The van der Waals surface area contributed by atoms with Crippen LogP contribution < -0.4 is 10.2 Å². The first-order valence-electron chi connectivity index (χ1n) is 6.12. The van der Waals surface area contributed by atoms with Gasteiger partial charge in [0.1, 0.15) is 12.6 Å². The van der Waals surface area contributed by atoms with E-state index < -0.39 is 0 Å². The van der Waals surface area contributed by atoms with Crippen LogP contribution in [-0.2, 0) is 0 Å². The molecule has 3 N–H and O–H groups in total. The quantitative estimate of drug-likeness (QED) is 0.559. The van der Waals surface area contributed by atoms with Gasteiger partial charge in [-0.3, -0.25) is 0 Å². The third kappa shape index (κ3) is 2.96. The predicted octanol–water partition coefficient (Wildman–Crippen LogP) is -0.829. The Morgan fingerprint density at radius 3 is 2.54 bits per heavy atom. The van der Waals surface area contributed by atoms with Gasteiger partial charge in [-0.1, -0.05) is 0 Å². The van der Waals surface area contributed by atoms with Crippen molar-refractivity contribution in [1.82, 2.24) is 0 Å². The van der Waals surface area contributed by atoms with Crippen molar-refractivity contribution in [3.8, 4) is 0 Å². The average molecular weight is 184 g/mol. The summed E-state index contributed by atoms with van der Waals surface area (Å²) >= 11 is 0.